The number of anilines is 2. The monoisotopic (exact) mass is 263 g/mol. The molecule has 0 aliphatic heterocycles. The van der Waals surface area contributed by atoms with Gasteiger partial charge in [0.15, 0.2) is 0 Å². The van der Waals surface area contributed by atoms with Gasteiger partial charge in [-0.3, -0.25) is 9.59 Å². The number of aryl methyl sites for hydroxylation is 1. The maximum Gasteiger partial charge on any atom is 0.238 e. The second-order valence-electron chi connectivity index (χ2n) is 4.79. The highest BCUT2D eigenvalue weighted by molar-refractivity contribution is 5.94. The van der Waals surface area contributed by atoms with Gasteiger partial charge in [0, 0.05) is 24.3 Å². The van der Waals surface area contributed by atoms with Crippen LogP contribution >= 0.6 is 0 Å². The predicted molar refractivity (Wildman–Crippen MR) is 77.3 cm³/mol. The van der Waals surface area contributed by atoms with Crippen LogP contribution in [0.1, 0.15) is 26.3 Å². The molecular formula is C14H21N3O2. The molecule has 0 atom stereocenters. The fourth-order valence-electron chi connectivity index (χ4n) is 1.53. The molecule has 1 aromatic carbocycles. The molecule has 0 saturated heterocycles. The van der Waals surface area contributed by atoms with Crippen molar-refractivity contribution < 1.29 is 9.59 Å². The van der Waals surface area contributed by atoms with Crippen molar-refractivity contribution in [2.45, 2.75) is 33.7 Å². The maximum atomic E-state index is 11.7. The highest BCUT2D eigenvalue weighted by Gasteiger charge is 2.06. The molecule has 19 heavy (non-hydrogen) atoms. The third kappa shape index (κ3) is 5.52. The summed E-state index contributed by atoms with van der Waals surface area (Å²) >= 11 is 0. The van der Waals surface area contributed by atoms with E-state index in [4.69, 9.17) is 0 Å². The number of benzene rings is 1. The number of nitrogens with one attached hydrogen (secondary N) is 3. The van der Waals surface area contributed by atoms with Crippen LogP contribution in [0, 0.1) is 6.92 Å². The molecule has 2 amide bonds. The van der Waals surface area contributed by atoms with Gasteiger partial charge in [-0.1, -0.05) is 19.9 Å². The van der Waals surface area contributed by atoms with Crippen molar-refractivity contribution in [3.63, 3.8) is 0 Å². The van der Waals surface area contributed by atoms with Crippen LogP contribution in [0.2, 0.25) is 0 Å². The first kappa shape index (κ1) is 15.2. The third-order valence-corrected chi connectivity index (χ3v) is 2.50. The molecule has 0 fully saturated rings. The first-order chi connectivity index (χ1) is 8.88. The maximum absolute atomic E-state index is 11.7. The molecular weight excluding hydrogens is 242 g/mol. The Kier molecular flexibility index (Phi) is 5.51. The molecule has 0 spiro atoms. The second kappa shape index (κ2) is 6.89. The van der Waals surface area contributed by atoms with Gasteiger partial charge in [0.1, 0.15) is 0 Å². The number of carbonyl (C=O) groups is 2. The van der Waals surface area contributed by atoms with Crippen molar-refractivity contribution in [3.05, 3.63) is 23.8 Å². The summed E-state index contributed by atoms with van der Waals surface area (Å²) in [6.07, 6.45) is 0. The van der Waals surface area contributed by atoms with E-state index in [2.05, 4.69) is 16.0 Å². The van der Waals surface area contributed by atoms with Crippen LogP contribution in [-0.4, -0.2) is 24.4 Å². The van der Waals surface area contributed by atoms with Crippen molar-refractivity contribution in [2.24, 2.45) is 0 Å². The molecule has 5 heteroatoms. The topological polar surface area (TPSA) is 70.2 Å². The van der Waals surface area contributed by atoms with E-state index >= 15 is 0 Å². The summed E-state index contributed by atoms with van der Waals surface area (Å²) in [4.78, 5) is 22.7. The molecule has 5 nitrogen and oxygen atoms in total. The van der Waals surface area contributed by atoms with Crippen LogP contribution in [0.5, 0.6) is 0 Å². The number of hydrogen-bond acceptors (Lipinski definition) is 3. The van der Waals surface area contributed by atoms with E-state index in [0.717, 1.165) is 5.56 Å². The Bertz CT molecular complexity index is 470. The van der Waals surface area contributed by atoms with Gasteiger partial charge in [-0.15, -0.1) is 0 Å². The van der Waals surface area contributed by atoms with Crippen LogP contribution in [0.3, 0.4) is 0 Å². The van der Waals surface area contributed by atoms with Crippen LogP contribution in [0.4, 0.5) is 11.4 Å². The molecule has 0 saturated carbocycles. The number of amides is 2. The van der Waals surface area contributed by atoms with Crippen LogP contribution in [-0.2, 0) is 9.59 Å². The number of carbonyl (C=O) groups excluding carboxylic acids is 2. The summed E-state index contributed by atoms with van der Waals surface area (Å²) in [7, 11) is 0. The van der Waals surface area contributed by atoms with E-state index in [1.807, 2.05) is 32.9 Å². The highest BCUT2D eigenvalue weighted by atomic mass is 16.2. The summed E-state index contributed by atoms with van der Waals surface area (Å²) < 4.78 is 0. The Labute approximate surface area is 113 Å². The van der Waals surface area contributed by atoms with Crippen molar-refractivity contribution >= 4 is 23.2 Å². The Morgan fingerprint density at radius 1 is 1.21 bits per heavy atom. The quantitative estimate of drug-likeness (QED) is 0.759. The first-order valence-corrected chi connectivity index (χ1v) is 6.30. The number of hydrogen-bond donors (Lipinski definition) is 3. The third-order valence-electron chi connectivity index (χ3n) is 2.50. The summed E-state index contributed by atoms with van der Waals surface area (Å²) in [5.41, 5.74) is 2.33. The normalized spacial score (nSPS) is 10.4. The predicted octanol–water partition coefficient (Wildman–Crippen LogP) is 1.89. The van der Waals surface area contributed by atoms with Crippen molar-refractivity contribution in [1.82, 2.24) is 5.32 Å². The van der Waals surface area contributed by atoms with Gasteiger partial charge in [0.25, 0.3) is 0 Å². The Morgan fingerprint density at radius 3 is 2.47 bits per heavy atom. The summed E-state index contributed by atoms with van der Waals surface area (Å²) in [6, 6.07) is 5.69. The lowest BCUT2D eigenvalue weighted by molar-refractivity contribution is -0.115. The summed E-state index contributed by atoms with van der Waals surface area (Å²) in [5, 5.41) is 8.56. The minimum Gasteiger partial charge on any atom is -0.326 e. The fourth-order valence-corrected chi connectivity index (χ4v) is 1.53. The Hall–Kier alpha value is -1.88. The molecule has 0 aliphatic rings. The molecule has 1 aromatic rings. The smallest absolute Gasteiger partial charge is 0.238 e. The molecule has 0 bridgehead atoms. The first-order valence-electron chi connectivity index (χ1n) is 6.30. The van der Waals surface area contributed by atoms with Crippen LogP contribution in [0.15, 0.2) is 18.2 Å². The lowest BCUT2D eigenvalue weighted by atomic mass is 10.1. The van der Waals surface area contributed by atoms with E-state index < -0.39 is 0 Å². The zero-order valence-corrected chi connectivity index (χ0v) is 11.8. The van der Waals surface area contributed by atoms with Gasteiger partial charge in [-0.25, -0.2) is 0 Å². The molecule has 3 N–H and O–H groups in total. The van der Waals surface area contributed by atoms with Gasteiger partial charge in [-0.2, -0.15) is 0 Å². The standard InChI is InChI=1S/C14H21N3O2/c1-9(2)15-8-14(19)17-12-6-5-10(3)13(7-12)16-11(4)18/h5-7,9,15H,8H2,1-4H3,(H,16,18)(H,17,19). The second-order valence-corrected chi connectivity index (χ2v) is 4.79. The highest BCUT2D eigenvalue weighted by Crippen LogP contribution is 2.20. The Morgan fingerprint density at radius 2 is 1.89 bits per heavy atom. The van der Waals surface area contributed by atoms with Crippen molar-refractivity contribution in [2.75, 3.05) is 17.2 Å². The van der Waals surface area contributed by atoms with E-state index in [-0.39, 0.29) is 24.4 Å². The van der Waals surface area contributed by atoms with Crippen molar-refractivity contribution in [1.29, 1.82) is 0 Å². The molecule has 0 heterocycles. The lowest BCUT2D eigenvalue weighted by Crippen LogP contribution is -2.32. The largest absolute Gasteiger partial charge is 0.326 e. The van der Waals surface area contributed by atoms with Crippen molar-refractivity contribution in [3.8, 4) is 0 Å². The number of rotatable bonds is 5. The molecule has 0 radical (unpaired) electrons. The Balaban J connectivity index is 2.68. The van der Waals surface area contributed by atoms with Crippen LogP contribution < -0.4 is 16.0 Å². The van der Waals surface area contributed by atoms with E-state index in [1.165, 1.54) is 6.92 Å². The minimum atomic E-state index is -0.131. The molecule has 0 unspecified atom stereocenters. The molecule has 1 rings (SSSR count). The van der Waals surface area contributed by atoms with E-state index in [9.17, 15) is 9.59 Å². The average Bonchev–Trinajstić information content (AvgIpc) is 2.30. The molecule has 0 aliphatic carbocycles. The molecule has 104 valence electrons. The van der Waals surface area contributed by atoms with Crippen LogP contribution in [0.25, 0.3) is 0 Å². The molecule has 0 aromatic heterocycles. The van der Waals surface area contributed by atoms with Gasteiger partial charge in [-0.05, 0) is 24.6 Å². The summed E-state index contributed by atoms with van der Waals surface area (Å²) in [5.74, 6) is -0.237. The van der Waals surface area contributed by atoms with Gasteiger partial charge >= 0.3 is 0 Å². The zero-order chi connectivity index (χ0) is 14.4. The SMILES string of the molecule is CC(=O)Nc1cc(NC(=O)CNC(C)C)ccc1C. The average molecular weight is 263 g/mol. The lowest BCUT2D eigenvalue weighted by Gasteiger charge is -2.11. The fraction of sp³-hybridized carbons (Fsp3) is 0.429. The zero-order valence-electron chi connectivity index (χ0n) is 11.8. The summed E-state index contributed by atoms with van der Waals surface area (Å²) in [6.45, 7) is 7.58. The van der Waals surface area contributed by atoms with E-state index in [0.29, 0.717) is 11.4 Å². The van der Waals surface area contributed by atoms with Gasteiger partial charge in [0.05, 0.1) is 6.54 Å². The van der Waals surface area contributed by atoms with E-state index in [1.54, 1.807) is 6.07 Å². The van der Waals surface area contributed by atoms with Gasteiger partial charge in [0.2, 0.25) is 11.8 Å². The minimum absolute atomic E-state index is 0.105. The van der Waals surface area contributed by atoms with Gasteiger partial charge < -0.3 is 16.0 Å².